The van der Waals surface area contributed by atoms with Gasteiger partial charge in [-0.25, -0.2) is 4.79 Å². The van der Waals surface area contributed by atoms with E-state index >= 15 is 0 Å². The Labute approximate surface area is 110 Å². The van der Waals surface area contributed by atoms with Gasteiger partial charge in [-0.05, 0) is 25.2 Å². The Morgan fingerprint density at radius 1 is 1.06 bits per heavy atom. The van der Waals surface area contributed by atoms with Crippen LogP contribution in [0.4, 0.5) is 4.79 Å². The van der Waals surface area contributed by atoms with E-state index in [1.54, 1.807) is 0 Å². The first kappa shape index (κ1) is 16.7. The summed E-state index contributed by atoms with van der Waals surface area (Å²) in [7, 11) is 1.28. The fraction of sp³-hybridized carbons (Fsp3) is 0.846. The van der Waals surface area contributed by atoms with Crippen molar-refractivity contribution in [2.45, 2.75) is 53.1 Å². The van der Waals surface area contributed by atoms with Crippen LogP contribution in [-0.4, -0.2) is 31.2 Å². The minimum absolute atomic E-state index is 0.00958. The zero-order valence-corrected chi connectivity index (χ0v) is 12.2. The fourth-order valence-corrected chi connectivity index (χ4v) is 1.82. The van der Waals surface area contributed by atoms with Crippen LogP contribution >= 0.6 is 0 Å². The number of nitrogens with one attached hydrogen (secondary N) is 2. The molecule has 5 heteroatoms. The molecule has 0 aliphatic rings. The predicted octanol–water partition coefficient (Wildman–Crippen LogP) is 1.92. The normalized spacial score (nSPS) is 14.2. The Bertz CT molecular complexity index is 277. The third-order valence-electron chi connectivity index (χ3n) is 2.62. The smallest absolute Gasteiger partial charge is 0.407 e. The number of methoxy groups -OCH3 is 1. The van der Waals surface area contributed by atoms with Crippen molar-refractivity contribution in [3.05, 3.63) is 0 Å². The first-order valence-electron chi connectivity index (χ1n) is 6.42. The molecule has 0 aromatic carbocycles. The van der Waals surface area contributed by atoms with Crippen molar-refractivity contribution >= 4 is 12.0 Å². The second-order valence-corrected chi connectivity index (χ2v) is 5.40. The maximum absolute atomic E-state index is 12.0. The molecule has 0 spiro atoms. The fourth-order valence-electron chi connectivity index (χ4n) is 1.82. The zero-order valence-electron chi connectivity index (χ0n) is 12.2. The summed E-state index contributed by atoms with van der Waals surface area (Å²) in [6.45, 7) is 9.94. The van der Waals surface area contributed by atoms with Crippen LogP contribution in [0.25, 0.3) is 0 Å². The van der Waals surface area contributed by atoms with E-state index in [9.17, 15) is 9.59 Å². The molecule has 0 aromatic rings. The topological polar surface area (TPSA) is 67.4 Å². The molecule has 5 nitrogen and oxygen atoms in total. The number of hydrogen-bond donors (Lipinski definition) is 2. The van der Waals surface area contributed by atoms with Crippen LogP contribution in [0.1, 0.15) is 41.0 Å². The predicted molar refractivity (Wildman–Crippen MR) is 71.2 cm³/mol. The van der Waals surface area contributed by atoms with E-state index in [1.807, 2.05) is 20.8 Å². The van der Waals surface area contributed by atoms with Crippen molar-refractivity contribution in [1.29, 1.82) is 0 Å². The summed E-state index contributed by atoms with van der Waals surface area (Å²) in [5.41, 5.74) is 0. The van der Waals surface area contributed by atoms with Crippen LogP contribution in [0.2, 0.25) is 0 Å². The van der Waals surface area contributed by atoms with Crippen molar-refractivity contribution in [3.8, 4) is 0 Å². The number of carbonyl (C=O) groups is 2. The van der Waals surface area contributed by atoms with Gasteiger partial charge in [0.05, 0.1) is 7.11 Å². The number of rotatable bonds is 6. The van der Waals surface area contributed by atoms with Gasteiger partial charge in [0.15, 0.2) is 0 Å². The molecule has 0 heterocycles. The molecule has 0 aliphatic heterocycles. The van der Waals surface area contributed by atoms with Crippen LogP contribution in [0, 0.1) is 11.8 Å². The highest BCUT2D eigenvalue weighted by Gasteiger charge is 2.25. The maximum Gasteiger partial charge on any atom is 0.407 e. The van der Waals surface area contributed by atoms with Gasteiger partial charge < -0.3 is 15.4 Å². The Morgan fingerprint density at radius 2 is 1.61 bits per heavy atom. The monoisotopic (exact) mass is 258 g/mol. The molecule has 0 unspecified atom stereocenters. The Balaban J connectivity index is 4.43. The molecule has 0 aromatic heterocycles. The second kappa shape index (κ2) is 7.95. The summed E-state index contributed by atoms with van der Waals surface area (Å²) in [5.74, 6) is 0.366. The Hall–Kier alpha value is -1.26. The van der Waals surface area contributed by atoms with E-state index in [0.29, 0.717) is 5.92 Å². The summed E-state index contributed by atoms with van der Waals surface area (Å²) in [4.78, 5) is 23.2. The molecular weight excluding hydrogens is 232 g/mol. The first-order valence-corrected chi connectivity index (χ1v) is 6.42. The molecule has 0 bridgehead atoms. The quantitative estimate of drug-likeness (QED) is 0.765. The summed E-state index contributed by atoms with van der Waals surface area (Å²) < 4.78 is 4.52. The molecule has 2 N–H and O–H groups in total. The third-order valence-corrected chi connectivity index (χ3v) is 2.62. The van der Waals surface area contributed by atoms with E-state index in [2.05, 4.69) is 29.2 Å². The number of carbonyl (C=O) groups excluding carboxylic acids is 2. The molecule has 18 heavy (non-hydrogen) atoms. The Kier molecular flexibility index (Phi) is 7.39. The first-order chi connectivity index (χ1) is 8.27. The average Bonchev–Trinajstić information content (AvgIpc) is 2.23. The van der Waals surface area contributed by atoms with Gasteiger partial charge in [-0.3, -0.25) is 4.79 Å². The molecule has 0 saturated carbocycles. The molecule has 0 saturated heterocycles. The van der Waals surface area contributed by atoms with Crippen molar-refractivity contribution < 1.29 is 14.3 Å². The van der Waals surface area contributed by atoms with Gasteiger partial charge in [0.1, 0.15) is 6.04 Å². The van der Waals surface area contributed by atoms with Crippen LogP contribution in [0.5, 0.6) is 0 Å². The summed E-state index contributed by atoms with van der Waals surface area (Å²) in [6.07, 6.45) is 0.328. The van der Waals surface area contributed by atoms with E-state index in [-0.39, 0.29) is 17.9 Å². The average molecular weight is 258 g/mol. The lowest BCUT2D eigenvalue weighted by atomic mass is 10.0. The summed E-state index contributed by atoms with van der Waals surface area (Å²) in [6, 6.07) is -0.467. The zero-order chi connectivity index (χ0) is 14.3. The van der Waals surface area contributed by atoms with Crippen molar-refractivity contribution in [2.75, 3.05) is 7.11 Å². The van der Waals surface area contributed by atoms with Crippen LogP contribution in [0.15, 0.2) is 0 Å². The highest BCUT2D eigenvalue weighted by molar-refractivity contribution is 5.86. The van der Waals surface area contributed by atoms with Crippen LogP contribution in [0.3, 0.4) is 0 Å². The van der Waals surface area contributed by atoms with E-state index in [1.165, 1.54) is 7.11 Å². The van der Waals surface area contributed by atoms with E-state index in [0.717, 1.165) is 6.42 Å². The van der Waals surface area contributed by atoms with Crippen LogP contribution in [-0.2, 0) is 9.53 Å². The number of hydrogen-bond acceptors (Lipinski definition) is 3. The van der Waals surface area contributed by atoms with Crippen LogP contribution < -0.4 is 10.6 Å². The van der Waals surface area contributed by atoms with Gasteiger partial charge in [-0.15, -0.1) is 0 Å². The van der Waals surface area contributed by atoms with Gasteiger partial charge in [0, 0.05) is 6.04 Å². The highest BCUT2D eigenvalue weighted by atomic mass is 16.5. The standard InChI is InChI=1S/C13H26N2O3/c1-8(2)7-10(5)14-12(16)11(9(3)4)15-13(17)18-6/h8-11H,7H2,1-6H3,(H,14,16)(H,15,17)/t10-,11-/m0/s1. The van der Waals surface area contributed by atoms with Gasteiger partial charge in [-0.1, -0.05) is 27.7 Å². The number of alkyl carbamates (subject to hydrolysis) is 1. The maximum atomic E-state index is 12.0. The number of ether oxygens (including phenoxy) is 1. The molecule has 106 valence electrons. The molecule has 0 fully saturated rings. The van der Waals surface area contributed by atoms with E-state index in [4.69, 9.17) is 0 Å². The molecule has 2 amide bonds. The molecular formula is C13H26N2O3. The Morgan fingerprint density at radius 3 is 2.00 bits per heavy atom. The lowest BCUT2D eigenvalue weighted by Crippen LogP contribution is -2.51. The van der Waals surface area contributed by atoms with Gasteiger partial charge in [0.2, 0.25) is 5.91 Å². The molecule has 0 aliphatic carbocycles. The SMILES string of the molecule is COC(=O)N[C@H](C(=O)N[C@@H](C)CC(C)C)C(C)C. The second-order valence-electron chi connectivity index (χ2n) is 5.40. The van der Waals surface area contributed by atoms with Gasteiger partial charge >= 0.3 is 6.09 Å². The van der Waals surface area contributed by atoms with Gasteiger partial charge in [0.25, 0.3) is 0 Å². The molecule has 0 rings (SSSR count). The minimum Gasteiger partial charge on any atom is -0.453 e. The lowest BCUT2D eigenvalue weighted by Gasteiger charge is -2.24. The minimum atomic E-state index is -0.583. The highest BCUT2D eigenvalue weighted by Crippen LogP contribution is 2.07. The molecule has 0 radical (unpaired) electrons. The lowest BCUT2D eigenvalue weighted by molar-refractivity contribution is -0.124. The van der Waals surface area contributed by atoms with E-state index < -0.39 is 12.1 Å². The van der Waals surface area contributed by atoms with Crippen molar-refractivity contribution in [1.82, 2.24) is 10.6 Å². The summed E-state index contributed by atoms with van der Waals surface area (Å²) >= 11 is 0. The van der Waals surface area contributed by atoms with Gasteiger partial charge in [-0.2, -0.15) is 0 Å². The largest absolute Gasteiger partial charge is 0.453 e. The number of amides is 2. The van der Waals surface area contributed by atoms with Crippen molar-refractivity contribution in [2.24, 2.45) is 11.8 Å². The van der Waals surface area contributed by atoms with Crippen molar-refractivity contribution in [3.63, 3.8) is 0 Å². The third kappa shape index (κ3) is 6.47. The molecule has 2 atom stereocenters. The summed E-state index contributed by atoms with van der Waals surface area (Å²) in [5, 5.41) is 5.46.